The molecule has 0 spiro atoms. The Morgan fingerprint density at radius 2 is 2.29 bits per heavy atom. The first-order chi connectivity index (χ1) is 6.81. The first-order valence-electron chi connectivity index (χ1n) is 5.06. The fourth-order valence-electron chi connectivity index (χ4n) is 1.69. The highest BCUT2D eigenvalue weighted by atomic mass is 35.5. The molecule has 1 aliphatic rings. The molecule has 14 heavy (non-hydrogen) atoms. The van der Waals surface area contributed by atoms with Crippen LogP contribution in [-0.2, 0) is 19.4 Å². The van der Waals surface area contributed by atoms with Gasteiger partial charge in [0.1, 0.15) is 11.0 Å². The van der Waals surface area contributed by atoms with Gasteiger partial charge >= 0.3 is 0 Å². The highest BCUT2D eigenvalue weighted by Crippen LogP contribution is 2.20. The molecule has 0 saturated carbocycles. The van der Waals surface area contributed by atoms with E-state index in [9.17, 15) is 0 Å². The normalized spacial score (nSPS) is 15.3. The van der Waals surface area contributed by atoms with Gasteiger partial charge in [-0.25, -0.2) is 9.97 Å². The highest BCUT2D eigenvalue weighted by Gasteiger charge is 2.15. The molecule has 0 amide bonds. The largest absolute Gasteiger partial charge is 0.312 e. The van der Waals surface area contributed by atoms with Crippen LogP contribution in [0.3, 0.4) is 0 Å². The smallest absolute Gasteiger partial charge is 0.137 e. The summed E-state index contributed by atoms with van der Waals surface area (Å²) in [5.74, 6) is 0.887. The van der Waals surface area contributed by atoms with Gasteiger partial charge in [-0.2, -0.15) is 0 Å². The van der Waals surface area contributed by atoms with Gasteiger partial charge in [0, 0.05) is 31.5 Å². The van der Waals surface area contributed by atoms with Gasteiger partial charge in [-0.3, -0.25) is 0 Å². The van der Waals surface area contributed by atoms with Crippen molar-refractivity contribution in [3.63, 3.8) is 0 Å². The zero-order chi connectivity index (χ0) is 9.97. The SMILES string of the molecule is CCCc1nc(Cl)c2c(n1)CCNC2. The summed E-state index contributed by atoms with van der Waals surface area (Å²) in [4.78, 5) is 8.82. The molecule has 0 unspecified atom stereocenters. The van der Waals surface area contributed by atoms with Crippen molar-refractivity contribution in [2.45, 2.75) is 32.7 Å². The number of aryl methyl sites for hydroxylation is 1. The lowest BCUT2D eigenvalue weighted by molar-refractivity contribution is 0.618. The van der Waals surface area contributed by atoms with E-state index in [2.05, 4.69) is 22.2 Å². The summed E-state index contributed by atoms with van der Waals surface area (Å²) >= 11 is 6.09. The van der Waals surface area contributed by atoms with Crippen LogP contribution in [0.15, 0.2) is 0 Å². The van der Waals surface area contributed by atoms with Gasteiger partial charge in [-0.05, 0) is 6.42 Å². The Labute approximate surface area is 88.9 Å². The van der Waals surface area contributed by atoms with Crippen molar-refractivity contribution in [2.75, 3.05) is 6.54 Å². The molecule has 1 aromatic heterocycles. The Morgan fingerprint density at radius 1 is 1.43 bits per heavy atom. The van der Waals surface area contributed by atoms with Gasteiger partial charge < -0.3 is 5.32 Å². The minimum absolute atomic E-state index is 0.630. The van der Waals surface area contributed by atoms with Crippen molar-refractivity contribution in [1.82, 2.24) is 15.3 Å². The molecule has 1 N–H and O–H groups in total. The molecule has 0 fully saturated rings. The monoisotopic (exact) mass is 211 g/mol. The average molecular weight is 212 g/mol. The van der Waals surface area contributed by atoms with Crippen molar-refractivity contribution in [2.24, 2.45) is 0 Å². The molecule has 76 valence electrons. The van der Waals surface area contributed by atoms with Crippen LogP contribution in [0.4, 0.5) is 0 Å². The molecule has 2 rings (SSSR count). The molecule has 2 heterocycles. The Morgan fingerprint density at radius 3 is 3.07 bits per heavy atom. The molecule has 3 nitrogen and oxygen atoms in total. The molecule has 0 aromatic carbocycles. The second-order valence-electron chi connectivity index (χ2n) is 3.53. The quantitative estimate of drug-likeness (QED) is 0.758. The summed E-state index contributed by atoms with van der Waals surface area (Å²) in [7, 11) is 0. The molecular formula is C10H14ClN3. The number of hydrogen-bond acceptors (Lipinski definition) is 3. The minimum atomic E-state index is 0.630. The molecular weight excluding hydrogens is 198 g/mol. The summed E-state index contributed by atoms with van der Waals surface area (Å²) in [6.45, 7) is 3.92. The second-order valence-corrected chi connectivity index (χ2v) is 3.89. The average Bonchev–Trinajstić information content (AvgIpc) is 2.18. The van der Waals surface area contributed by atoms with Crippen LogP contribution in [0.1, 0.15) is 30.4 Å². The van der Waals surface area contributed by atoms with E-state index < -0.39 is 0 Å². The number of nitrogens with one attached hydrogen (secondary N) is 1. The van der Waals surface area contributed by atoms with Gasteiger partial charge in [-0.15, -0.1) is 0 Å². The van der Waals surface area contributed by atoms with Crippen LogP contribution in [0.2, 0.25) is 5.15 Å². The van der Waals surface area contributed by atoms with E-state index in [1.165, 1.54) is 0 Å². The lowest BCUT2D eigenvalue weighted by atomic mass is 10.1. The van der Waals surface area contributed by atoms with Crippen molar-refractivity contribution in [1.29, 1.82) is 0 Å². The number of rotatable bonds is 2. The van der Waals surface area contributed by atoms with E-state index in [1.54, 1.807) is 0 Å². The van der Waals surface area contributed by atoms with Crippen molar-refractivity contribution < 1.29 is 0 Å². The third-order valence-corrected chi connectivity index (χ3v) is 2.72. The third kappa shape index (κ3) is 1.88. The Bertz CT molecular complexity index is 338. The fourth-order valence-corrected chi connectivity index (χ4v) is 1.96. The zero-order valence-corrected chi connectivity index (χ0v) is 9.06. The maximum Gasteiger partial charge on any atom is 0.137 e. The Hall–Kier alpha value is -0.670. The molecule has 0 bridgehead atoms. The summed E-state index contributed by atoms with van der Waals surface area (Å²) in [6.07, 6.45) is 2.95. The summed E-state index contributed by atoms with van der Waals surface area (Å²) in [5, 5.41) is 3.90. The lowest BCUT2D eigenvalue weighted by Crippen LogP contribution is -2.25. The van der Waals surface area contributed by atoms with Crippen molar-refractivity contribution in [3.8, 4) is 0 Å². The number of nitrogens with zero attached hydrogens (tertiary/aromatic N) is 2. The summed E-state index contributed by atoms with van der Waals surface area (Å²) in [5.41, 5.74) is 2.21. The van der Waals surface area contributed by atoms with Gasteiger partial charge in [0.05, 0.1) is 5.69 Å². The van der Waals surface area contributed by atoms with E-state index >= 15 is 0 Å². The van der Waals surface area contributed by atoms with E-state index in [-0.39, 0.29) is 0 Å². The van der Waals surface area contributed by atoms with E-state index in [0.717, 1.165) is 49.4 Å². The number of fused-ring (bicyclic) bond motifs is 1. The molecule has 4 heteroatoms. The van der Waals surface area contributed by atoms with E-state index in [0.29, 0.717) is 5.15 Å². The molecule has 1 aromatic rings. The van der Waals surface area contributed by atoms with Crippen LogP contribution >= 0.6 is 11.6 Å². The van der Waals surface area contributed by atoms with Crippen LogP contribution in [0.5, 0.6) is 0 Å². The molecule has 1 aliphatic heterocycles. The summed E-state index contributed by atoms with van der Waals surface area (Å²) in [6, 6.07) is 0. The Kier molecular flexibility index (Phi) is 2.99. The minimum Gasteiger partial charge on any atom is -0.312 e. The second kappa shape index (κ2) is 4.24. The van der Waals surface area contributed by atoms with Crippen LogP contribution in [0, 0.1) is 0 Å². The predicted octanol–water partition coefficient (Wildman–Crippen LogP) is 1.73. The number of hydrogen-bond donors (Lipinski definition) is 1. The van der Waals surface area contributed by atoms with E-state index in [4.69, 9.17) is 11.6 Å². The standard InChI is InChI=1S/C10H14ClN3/c1-2-3-9-13-8-4-5-12-6-7(8)10(11)14-9/h12H,2-6H2,1H3. The number of halogens is 1. The Balaban J connectivity index is 2.36. The van der Waals surface area contributed by atoms with Gasteiger partial charge in [0.15, 0.2) is 0 Å². The topological polar surface area (TPSA) is 37.8 Å². The highest BCUT2D eigenvalue weighted by molar-refractivity contribution is 6.30. The van der Waals surface area contributed by atoms with Crippen molar-refractivity contribution in [3.05, 3.63) is 22.2 Å². The first kappa shape index (κ1) is 9.87. The first-order valence-corrected chi connectivity index (χ1v) is 5.44. The maximum absolute atomic E-state index is 6.09. The van der Waals surface area contributed by atoms with Crippen LogP contribution in [-0.4, -0.2) is 16.5 Å². The van der Waals surface area contributed by atoms with Gasteiger partial charge in [-0.1, -0.05) is 18.5 Å². The van der Waals surface area contributed by atoms with Gasteiger partial charge in [0.2, 0.25) is 0 Å². The zero-order valence-electron chi connectivity index (χ0n) is 8.31. The van der Waals surface area contributed by atoms with Crippen LogP contribution in [0.25, 0.3) is 0 Å². The van der Waals surface area contributed by atoms with Gasteiger partial charge in [0.25, 0.3) is 0 Å². The third-order valence-electron chi connectivity index (χ3n) is 2.40. The van der Waals surface area contributed by atoms with Crippen molar-refractivity contribution >= 4 is 11.6 Å². The van der Waals surface area contributed by atoms with Crippen LogP contribution < -0.4 is 5.32 Å². The van der Waals surface area contributed by atoms with E-state index in [1.807, 2.05) is 0 Å². The predicted molar refractivity (Wildman–Crippen MR) is 56.4 cm³/mol. The molecule has 0 aliphatic carbocycles. The fraction of sp³-hybridized carbons (Fsp3) is 0.600. The number of aromatic nitrogens is 2. The summed E-state index contributed by atoms with van der Waals surface area (Å²) < 4.78 is 0. The molecule has 0 saturated heterocycles. The molecule has 0 atom stereocenters. The molecule has 0 radical (unpaired) electrons. The maximum atomic E-state index is 6.09. The lowest BCUT2D eigenvalue weighted by Gasteiger charge is -2.17.